The number of rotatable bonds is 5. The summed E-state index contributed by atoms with van der Waals surface area (Å²) in [4.78, 5) is 11.0. The molecule has 0 atom stereocenters. The molecule has 3 nitrogen and oxygen atoms in total. The highest BCUT2D eigenvalue weighted by Crippen LogP contribution is 2.33. The second-order valence-electron chi connectivity index (χ2n) is 4.79. The van der Waals surface area contributed by atoms with Gasteiger partial charge in [0.1, 0.15) is 5.82 Å². The Morgan fingerprint density at radius 3 is 2.59 bits per heavy atom. The lowest BCUT2D eigenvalue weighted by molar-refractivity contribution is -0.136. The zero-order valence-corrected chi connectivity index (χ0v) is 13.3. The number of carboxylic acids is 1. The number of carboxylic acid groups (broad SMARTS) is 1. The summed E-state index contributed by atoms with van der Waals surface area (Å²) in [5, 5.41) is 12.2. The van der Waals surface area contributed by atoms with Gasteiger partial charge in [-0.3, -0.25) is 4.79 Å². The van der Waals surface area contributed by atoms with Crippen molar-refractivity contribution in [2.75, 3.05) is 5.32 Å². The molecular weight excluding hydrogens is 328 g/mol. The number of hydrogen-bond donors (Lipinski definition) is 2. The van der Waals surface area contributed by atoms with Gasteiger partial charge in [0.25, 0.3) is 0 Å². The normalized spacial score (nSPS) is 10.5. The Labute approximate surface area is 137 Å². The fraction of sp³-hybridized carbons (Fsp3) is 0.188. The van der Waals surface area contributed by atoms with Crippen molar-refractivity contribution in [3.05, 3.63) is 57.3 Å². The maximum Gasteiger partial charge on any atom is 0.307 e. The average Bonchev–Trinajstić information content (AvgIpc) is 2.43. The molecule has 0 aliphatic carbocycles. The monoisotopic (exact) mass is 341 g/mol. The van der Waals surface area contributed by atoms with E-state index >= 15 is 0 Å². The molecule has 0 aromatic heterocycles. The van der Waals surface area contributed by atoms with Gasteiger partial charge >= 0.3 is 5.97 Å². The molecule has 2 aromatic carbocycles. The Morgan fingerprint density at radius 1 is 1.27 bits per heavy atom. The fourth-order valence-electron chi connectivity index (χ4n) is 2.09. The Kier molecular flexibility index (Phi) is 5.27. The summed E-state index contributed by atoms with van der Waals surface area (Å²) in [5.74, 6) is -1.56. The van der Waals surface area contributed by atoms with E-state index in [1.165, 1.54) is 6.07 Å². The second kappa shape index (κ2) is 6.99. The van der Waals surface area contributed by atoms with Crippen LogP contribution in [0, 0.1) is 5.82 Å². The number of hydrogen-bond acceptors (Lipinski definition) is 2. The van der Waals surface area contributed by atoms with Crippen LogP contribution in [0.25, 0.3) is 0 Å². The molecule has 0 fully saturated rings. The van der Waals surface area contributed by atoms with Crippen molar-refractivity contribution in [3.63, 3.8) is 0 Å². The van der Waals surface area contributed by atoms with Crippen LogP contribution in [-0.4, -0.2) is 11.1 Å². The molecule has 116 valence electrons. The van der Waals surface area contributed by atoms with Crippen LogP contribution in [0.1, 0.15) is 18.1 Å². The topological polar surface area (TPSA) is 49.3 Å². The van der Waals surface area contributed by atoms with Crippen LogP contribution >= 0.6 is 23.2 Å². The Hall–Kier alpha value is -1.78. The zero-order chi connectivity index (χ0) is 16.3. The Morgan fingerprint density at radius 2 is 2.00 bits per heavy atom. The van der Waals surface area contributed by atoms with E-state index in [1.807, 2.05) is 13.0 Å². The summed E-state index contributed by atoms with van der Waals surface area (Å²) in [5.41, 5.74) is 2.14. The van der Waals surface area contributed by atoms with E-state index < -0.39 is 11.8 Å². The van der Waals surface area contributed by atoms with Crippen molar-refractivity contribution >= 4 is 40.5 Å². The van der Waals surface area contributed by atoms with Gasteiger partial charge in [-0.25, -0.2) is 4.39 Å². The lowest BCUT2D eigenvalue weighted by Crippen LogP contribution is -2.05. The van der Waals surface area contributed by atoms with E-state index in [0.717, 1.165) is 18.1 Å². The highest BCUT2D eigenvalue weighted by atomic mass is 35.5. The van der Waals surface area contributed by atoms with Gasteiger partial charge in [0, 0.05) is 10.7 Å². The summed E-state index contributed by atoms with van der Waals surface area (Å²) in [6.07, 6.45) is 0.617. The Bertz CT molecular complexity index is 696. The summed E-state index contributed by atoms with van der Waals surface area (Å²) >= 11 is 11.7. The summed E-state index contributed by atoms with van der Waals surface area (Å²) < 4.78 is 14.0. The number of halogens is 3. The number of aryl methyl sites for hydroxylation is 1. The van der Waals surface area contributed by atoms with Crippen molar-refractivity contribution < 1.29 is 14.3 Å². The molecule has 22 heavy (non-hydrogen) atoms. The smallest absolute Gasteiger partial charge is 0.307 e. The standard InChI is InChI=1S/C16H14Cl2FNO2/c1-2-9-3-4-14(10(5-9)6-15(21)22)20-16-12(18)7-11(17)8-13(16)19/h3-5,7-8,20H,2,6H2,1H3,(H,21,22). The van der Waals surface area contributed by atoms with Crippen molar-refractivity contribution in [2.45, 2.75) is 19.8 Å². The van der Waals surface area contributed by atoms with Crippen LogP contribution in [0.4, 0.5) is 15.8 Å². The first-order chi connectivity index (χ1) is 10.4. The van der Waals surface area contributed by atoms with E-state index in [1.54, 1.807) is 12.1 Å². The van der Waals surface area contributed by atoms with E-state index in [9.17, 15) is 9.18 Å². The van der Waals surface area contributed by atoms with Crippen LogP contribution in [0.5, 0.6) is 0 Å². The van der Waals surface area contributed by atoms with Crippen LogP contribution in [0.3, 0.4) is 0 Å². The molecule has 2 rings (SSSR count). The molecule has 0 radical (unpaired) electrons. The van der Waals surface area contributed by atoms with Crippen LogP contribution in [0.2, 0.25) is 10.0 Å². The third-order valence-electron chi connectivity index (χ3n) is 3.19. The number of benzene rings is 2. The number of nitrogens with one attached hydrogen (secondary N) is 1. The highest BCUT2D eigenvalue weighted by Gasteiger charge is 2.13. The van der Waals surface area contributed by atoms with Crippen molar-refractivity contribution in [1.82, 2.24) is 0 Å². The van der Waals surface area contributed by atoms with Crippen molar-refractivity contribution in [1.29, 1.82) is 0 Å². The number of carbonyl (C=O) groups is 1. The summed E-state index contributed by atoms with van der Waals surface area (Å²) in [6.45, 7) is 1.97. The molecule has 0 amide bonds. The zero-order valence-electron chi connectivity index (χ0n) is 11.8. The van der Waals surface area contributed by atoms with Crippen molar-refractivity contribution in [3.8, 4) is 0 Å². The third-order valence-corrected chi connectivity index (χ3v) is 3.70. The van der Waals surface area contributed by atoms with Gasteiger partial charge < -0.3 is 10.4 Å². The van der Waals surface area contributed by atoms with E-state index in [0.29, 0.717) is 11.3 Å². The van der Waals surface area contributed by atoms with Gasteiger partial charge in [-0.15, -0.1) is 0 Å². The lowest BCUT2D eigenvalue weighted by atomic mass is 10.0. The first-order valence-corrected chi connectivity index (χ1v) is 7.41. The quantitative estimate of drug-likeness (QED) is 0.798. The molecule has 2 aromatic rings. The third kappa shape index (κ3) is 3.90. The fourth-order valence-corrected chi connectivity index (χ4v) is 2.61. The first kappa shape index (κ1) is 16.6. The molecular formula is C16H14Cl2FNO2. The van der Waals surface area contributed by atoms with Crippen LogP contribution in [0.15, 0.2) is 30.3 Å². The van der Waals surface area contributed by atoms with Gasteiger partial charge in [-0.05, 0) is 35.7 Å². The van der Waals surface area contributed by atoms with Gasteiger partial charge in [0.05, 0.1) is 17.1 Å². The van der Waals surface area contributed by atoms with E-state index in [-0.39, 0.29) is 22.2 Å². The predicted molar refractivity (Wildman–Crippen MR) is 86.9 cm³/mol. The number of aliphatic carboxylic acids is 1. The molecule has 0 unspecified atom stereocenters. The summed E-state index contributed by atoms with van der Waals surface area (Å²) in [7, 11) is 0. The minimum atomic E-state index is -0.959. The largest absolute Gasteiger partial charge is 0.481 e. The molecule has 6 heteroatoms. The molecule has 0 spiro atoms. The average molecular weight is 342 g/mol. The van der Waals surface area contributed by atoms with Gasteiger partial charge in [0.2, 0.25) is 0 Å². The lowest BCUT2D eigenvalue weighted by Gasteiger charge is -2.14. The van der Waals surface area contributed by atoms with Crippen LogP contribution < -0.4 is 5.32 Å². The molecule has 0 bridgehead atoms. The molecule has 0 saturated heterocycles. The van der Waals surface area contributed by atoms with Gasteiger partial charge in [-0.2, -0.15) is 0 Å². The SMILES string of the molecule is CCc1ccc(Nc2c(F)cc(Cl)cc2Cl)c(CC(=O)O)c1. The highest BCUT2D eigenvalue weighted by molar-refractivity contribution is 6.36. The molecule has 2 N–H and O–H groups in total. The predicted octanol–water partition coefficient (Wildman–Crippen LogP) is 5.07. The van der Waals surface area contributed by atoms with Gasteiger partial charge in [-0.1, -0.05) is 42.3 Å². The van der Waals surface area contributed by atoms with E-state index in [4.69, 9.17) is 28.3 Å². The first-order valence-electron chi connectivity index (χ1n) is 6.66. The number of anilines is 2. The molecule has 0 aliphatic heterocycles. The minimum absolute atomic E-state index is 0.0713. The second-order valence-corrected chi connectivity index (χ2v) is 5.63. The van der Waals surface area contributed by atoms with E-state index in [2.05, 4.69) is 5.32 Å². The molecule has 0 aliphatic rings. The summed E-state index contributed by atoms with van der Waals surface area (Å²) in [6, 6.07) is 7.94. The molecule has 0 heterocycles. The van der Waals surface area contributed by atoms with Crippen LogP contribution in [-0.2, 0) is 17.6 Å². The minimum Gasteiger partial charge on any atom is -0.481 e. The van der Waals surface area contributed by atoms with Gasteiger partial charge in [0.15, 0.2) is 0 Å². The maximum absolute atomic E-state index is 14.0. The molecule has 0 saturated carbocycles. The Balaban J connectivity index is 2.43. The van der Waals surface area contributed by atoms with Crippen molar-refractivity contribution in [2.24, 2.45) is 0 Å². The maximum atomic E-state index is 14.0.